The van der Waals surface area contributed by atoms with Crippen molar-refractivity contribution >= 4 is 23.7 Å². The van der Waals surface area contributed by atoms with E-state index in [0.29, 0.717) is 19.4 Å². The highest BCUT2D eigenvalue weighted by molar-refractivity contribution is 5.94. The van der Waals surface area contributed by atoms with Crippen LogP contribution in [0.25, 0.3) is 0 Å². The number of rotatable bonds is 3. The number of hydrogen-bond donors (Lipinski definition) is 2. The molecule has 2 N–H and O–H groups in total. The van der Waals surface area contributed by atoms with Gasteiger partial charge in [-0.3, -0.25) is 4.79 Å². The Kier molecular flexibility index (Phi) is 5.15. The summed E-state index contributed by atoms with van der Waals surface area (Å²) in [5, 5.41) is 11.4. The van der Waals surface area contributed by atoms with Crippen molar-refractivity contribution in [3.8, 4) is 0 Å². The first-order valence-corrected chi connectivity index (χ1v) is 7.09. The molecule has 0 spiro atoms. The minimum atomic E-state index is -0.957. The Hall–Kier alpha value is -2.64. The van der Waals surface area contributed by atoms with Crippen LogP contribution in [0, 0.1) is 11.7 Å². The average molecular weight is 324 g/mol. The van der Waals surface area contributed by atoms with Crippen LogP contribution in [-0.2, 0) is 9.53 Å². The Labute approximate surface area is 132 Å². The Morgan fingerprint density at radius 2 is 2.13 bits per heavy atom. The molecule has 1 heterocycles. The first kappa shape index (κ1) is 16.7. The molecule has 0 aromatic heterocycles. The number of carbonyl (C=O) groups excluding carboxylic acids is 2. The van der Waals surface area contributed by atoms with Crippen LogP contribution in [0.3, 0.4) is 0 Å². The van der Waals surface area contributed by atoms with E-state index >= 15 is 0 Å². The van der Waals surface area contributed by atoms with E-state index in [-0.39, 0.29) is 17.8 Å². The number of esters is 1. The van der Waals surface area contributed by atoms with Gasteiger partial charge in [0.25, 0.3) is 0 Å². The number of likely N-dealkylation sites (tertiary alicyclic amines) is 1. The molecule has 1 aromatic carbocycles. The molecule has 124 valence electrons. The molecule has 1 atom stereocenters. The summed E-state index contributed by atoms with van der Waals surface area (Å²) in [5.74, 6) is -2.93. The van der Waals surface area contributed by atoms with Gasteiger partial charge in [0, 0.05) is 13.1 Å². The molecule has 0 bridgehead atoms. The van der Waals surface area contributed by atoms with Crippen molar-refractivity contribution in [2.45, 2.75) is 12.8 Å². The second-order valence-electron chi connectivity index (χ2n) is 5.24. The summed E-state index contributed by atoms with van der Waals surface area (Å²) in [5.41, 5.74) is -0.0541. The van der Waals surface area contributed by atoms with E-state index in [1.165, 1.54) is 24.1 Å². The minimum absolute atomic E-state index is 0.0689. The largest absolute Gasteiger partial charge is 0.481 e. The molecule has 23 heavy (non-hydrogen) atoms. The predicted octanol–water partition coefficient (Wildman–Crippen LogP) is 1.94. The zero-order valence-electron chi connectivity index (χ0n) is 12.5. The fourth-order valence-electron chi connectivity index (χ4n) is 2.42. The number of nitrogens with zero attached hydrogens (tertiary/aromatic N) is 1. The van der Waals surface area contributed by atoms with Gasteiger partial charge < -0.3 is 20.1 Å². The van der Waals surface area contributed by atoms with E-state index in [2.05, 4.69) is 10.1 Å². The molecule has 8 heteroatoms. The third-order valence-corrected chi connectivity index (χ3v) is 3.69. The maximum Gasteiger partial charge on any atom is 0.337 e. The number of hydrogen-bond acceptors (Lipinski definition) is 4. The Morgan fingerprint density at radius 1 is 1.39 bits per heavy atom. The van der Waals surface area contributed by atoms with Crippen LogP contribution in [0.2, 0.25) is 0 Å². The summed E-state index contributed by atoms with van der Waals surface area (Å²) in [4.78, 5) is 36.0. The van der Waals surface area contributed by atoms with Crippen molar-refractivity contribution < 1.29 is 28.6 Å². The van der Waals surface area contributed by atoms with E-state index < -0.39 is 29.7 Å². The number of nitrogens with one attached hydrogen (secondary N) is 1. The number of piperidine rings is 1. The van der Waals surface area contributed by atoms with Gasteiger partial charge in [0.2, 0.25) is 0 Å². The molecule has 1 aromatic rings. The topological polar surface area (TPSA) is 95.9 Å². The van der Waals surface area contributed by atoms with E-state index in [9.17, 15) is 18.8 Å². The molecule has 2 amide bonds. The fraction of sp³-hybridized carbons (Fsp3) is 0.400. The maximum atomic E-state index is 13.8. The second-order valence-corrected chi connectivity index (χ2v) is 5.24. The number of carboxylic acid groups (broad SMARTS) is 1. The summed E-state index contributed by atoms with van der Waals surface area (Å²) in [6.07, 6.45) is 1.07. The Balaban J connectivity index is 2.10. The van der Waals surface area contributed by atoms with E-state index in [1.54, 1.807) is 0 Å². The number of halogens is 1. The summed E-state index contributed by atoms with van der Waals surface area (Å²) in [7, 11) is 1.20. The zero-order chi connectivity index (χ0) is 17.0. The lowest BCUT2D eigenvalue weighted by Crippen LogP contribution is -2.44. The van der Waals surface area contributed by atoms with Crippen LogP contribution in [-0.4, -0.2) is 48.2 Å². The second kappa shape index (κ2) is 7.08. The van der Waals surface area contributed by atoms with Crippen LogP contribution in [0.1, 0.15) is 23.2 Å². The number of methoxy groups -OCH3 is 1. The number of ether oxygens (including phenoxy) is 1. The third-order valence-electron chi connectivity index (χ3n) is 3.69. The Morgan fingerprint density at radius 3 is 2.78 bits per heavy atom. The monoisotopic (exact) mass is 324 g/mol. The van der Waals surface area contributed by atoms with Crippen LogP contribution >= 0.6 is 0 Å². The lowest BCUT2D eigenvalue weighted by Gasteiger charge is -2.30. The van der Waals surface area contributed by atoms with Gasteiger partial charge in [-0.2, -0.15) is 0 Å². The van der Waals surface area contributed by atoms with Gasteiger partial charge in [0.05, 0.1) is 24.3 Å². The van der Waals surface area contributed by atoms with Gasteiger partial charge in [-0.05, 0) is 31.0 Å². The normalized spacial score (nSPS) is 17.5. The lowest BCUT2D eigenvalue weighted by molar-refractivity contribution is -0.143. The molecule has 1 saturated heterocycles. The van der Waals surface area contributed by atoms with Gasteiger partial charge in [-0.15, -0.1) is 0 Å². The van der Waals surface area contributed by atoms with E-state index in [1.807, 2.05) is 0 Å². The molecule has 0 aliphatic carbocycles. The SMILES string of the molecule is COC(=O)c1ccc(F)c(NC(=O)N2CCCC(C(=O)O)C2)c1. The quantitative estimate of drug-likeness (QED) is 0.828. The van der Waals surface area contributed by atoms with Crippen LogP contribution in [0.5, 0.6) is 0 Å². The number of urea groups is 1. The maximum absolute atomic E-state index is 13.8. The lowest BCUT2D eigenvalue weighted by atomic mass is 9.99. The standard InChI is InChI=1S/C15H17FN2O5/c1-23-14(21)9-4-5-11(16)12(7-9)17-15(22)18-6-2-3-10(8-18)13(19)20/h4-5,7,10H,2-3,6,8H2,1H3,(H,17,22)(H,19,20). The molecule has 2 rings (SSSR count). The van der Waals surface area contributed by atoms with Crippen molar-refractivity contribution in [2.75, 3.05) is 25.5 Å². The van der Waals surface area contributed by atoms with Crippen LogP contribution < -0.4 is 5.32 Å². The van der Waals surface area contributed by atoms with Gasteiger partial charge in [-0.25, -0.2) is 14.0 Å². The highest BCUT2D eigenvalue weighted by atomic mass is 19.1. The highest BCUT2D eigenvalue weighted by Crippen LogP contribution is 2.20. The van der Waals surface area contributed by atoms with Crippen LogP contribution in [0.4, 0.5) is 14.9 Å². The number of aliphatic carboxylic acids is 1. The van der Waals surface area contributed by atoms with Gasteiger partial charge in [0.15, 0.2) is 0 Å². The number of anilines is 1. The van der Waals surface area contributed by atoms with Gasteiger partial charge in [-0.1, -0.05) is 0 Å². The molecule has 1 aliphatic heterocycles. The van der Waals surface area contributed by atoms with Gasteiger partial charge in [0.1, 0.15) is 5.82 Å². The molecule has 1 fully saturated rings. The molecule has 1 aliphatic rings. The number of benzene rings is 1. The minimum Gasteiger partial charge on any atom is -0.481 e. The Bertz CT molecular complexity index is 634. The van der Waals surface area contributed by atoms with Crippen molar-refractivity contribution in [1.82, 2.24) is 4.90 Å². The highest BCUT2D eigenvalue weighted by Gasteiger charge is 2.28. The molecule has 1 unspecified atom stereocenters. The third kappa shape index (κ3) is 3.97. The van der Waals surface area contributed by atoms with Crippen molar-refractivity contribution in [1.29, 1.82) is 0 Å². The van der Waals surface area contributed by atoms with E-state index in [0.717, 1.165) is 6.07 Å². The average Bonchev–Trinajstić information content (AvgIpc) is 2.56. The molecule has 7 nitrogen and oxygen atoms in total. The first-order chi connectivity index (χ1) is 10.9. The predicted molar refractivity (Wildman–Crippen MR) is 78.7 cm³/mol. The fourth-order valence-corrected chi connectivity index (χ4v) is 2.42. The van der Waals surface area contributed by atoms with Gasteiger partial charge >= 0.3 is 18.0 Å². The number of amides is 2. The molecule has 0 saturated carbocycles. The summed E-state index contributed by atoms with van der Waals surface area (Å²) in [6.45, 7) is 0.466. The van der Waals surface area contributed by atoms with Crippen LogP contribution in [0.15, 0.2) is 18.2 Å². The van der Waals surface area contributed by atoms with Crippen molar-refractivity contribution in [2.24, 2.45) is 5.92 Å². The summed E-state index contributed by atoms with van der Waals surface area (Å²) in [6, 6.07) is 2.88. The smallest absolute Gasteiger partial charge is 0.337 e. The molecule has 0 radical (unpaired) electrons. The first-order valence-electron chi connectivity index (χ1n) is 7.09. The van der Waals surface area contributed by atoms with Crippen molar-refractivity contribution in [3.63, 3.8) is 0 Å². The summed E-state index contributed by atoms with van der Waals surface area (Å²) >= 11 is 0. The number of carbonyl (C=O) groups is 3. The summed E-state index contributed by atoms with van der Waals surface area (Å²) < 4.78 is 18.3. The molecular formula is C15H17FN2O5. The molecular weight excluding hydrogens is 307 g/mol. The zero-order valence-corrected chi connectivity index (χ0v) is 12.5. The number of carboxylic acids is 1. The van der Waals surface area contributed by atoms with Crippen molar-refractivity contribution in [3.05, 3.63) is 29.6 Å². The van der Waals surface area contributed by atoms with E-state index in [4.69, 9.17) is 5.11 Å².